The Labute approximate surface area is 156 Å². The van der Waals surface area contributed by atoms with E-state index in [1.54, 1.807) is 0 Å². The minimum Gasteiger partial charge on any atom is -0.354 e. The van der Waals surface area contributed by atoms with Gasteiger partial charge >= 0.3 is 6.18 Å². The minimum absolute atomic E-state index is 0.631. The molecule has 0 aromatic carbocycles. The number of nitrogens with zero attached hydrogens (tertiary/aromatic N) is 4. The van der Waals surface area contributed by atoms with Crippen LogP contribution in [0.4, 0.5) is 19.0 Å². The highest BCUT2D eigenvalue weighted by Crippen LogP contribution is 2.20. The zero-order chi connectivity index (χ0) is 19.9. The Bertz CT molecular complexity index is 697. The summed E-state index contributed by atoms with van der Waals surface area (Å²) in [6, 6.07) is 10.8. The van der Waals surface area contributed by atoms with Crippen molar-refractivity contribution in [2.45, 2.75) is 26.1 Å². The highest BCUT2D eigenvalue weighted by Gasteiger charge is 2.25. The van der Waals surface area contributed by atoms with Crippen LogP contribution in [0.3, 0.4) is 0 Å². The lowest BCUT2D eigenvalue weighted by Crippen LogP contribution is -2.49. The van der Waals surface area contributed by atoms with Crippen LogP contribution in [0.1, 0.15) is 13.8 Å². The summed E-state index contributed by atoms with van der Waals surface area (Å²) in [5.74, 6) is 1.07. The molecule has 146 valence electrons. The van der Waals surface area contributed by atoms with E-state index in [9.17, 15) is 13.2 Å². The molecule has 1 aliphatic rings. The Balaban J connectivity index is 0.000000380. The quantitative estimate of drug-likeness (QED) is 0.764. The van der Waals surface area contributed by atoms with Gasteiger partial charge in [0.25, 0.3) is 0 Å². The summed E-state index contributed by atoms with van der Waals surface area (Å²) < 4.78 is 31.2. The molecule has 1 aliphatic heterocycles. The molecule has 8 heteroatoms. The van der Waals surface area contributed by atoms with Crippen LogP contribution in [-0.4, -0.2) is 59.6 Å². The number of hydrogen-bond acceptors (Lipinski definition) is 5. The summed E-state index contributed by atoms with van der Waals surface area (Å²) in [5, 5.41) is 0. The second-order valence-corrected chi connectivity index (χ2v) is 6.40. The molecule has 0 bridgehead atoms. The predicted molar refractivity (Wildman–Crippen MR) is 98.5 cm³/mol. The average Bonchev–Trinajstić information content (AvgIpc) is 2.69. The number of carbonyl (C=O) groups excluding carboxylic acids is 1. The topological polar surface area (TPSA) is 49.3 Å². The number of carbonyl (C=O) groups is 1. The van der Waals surface area contributed by atoms with E-state index >= 15 is 0 Å². The molecule has 1 saturated heterocycles. The van der Waals surface area contributed by atoms with Gasteiger partial charge in [-0.05, 0) is 38.1 Å². The fourth-order valence-electron chi connectivity index (χ4n) is 2.73. The number of aldehydes is 1. The van der Waals surface area contributed by atoms with Gasteiger partial charge < -0.3 is 4.90 Å². The molecule has 0 aliphatic carbocycles. The van der Waals surface area contributed by atoms with E-state index in [0.29, 0.717) is 6.04 Å². The first-order valence-electron chi connectivity index (χ1n) is 8.69. The third-order valence-corrected chi connectivity index (χ3v) is 4.21. The van der Waals surface area contributed by atoms with Crippen molar-refractivity contribution in [1.82, 2.24) is 14.9 Å². The Morgan fingerprint density at radius 1 is 1.04 bits per heavy atom. The zero-order valence-corrected chi connectivity index (χ0v) is 15.4. The van der Waals surface area contributed by atoms with Gasteiger partial charge in [0.2, 0.25) is 6.29 Å². The van der Waals surface area contributed by atoms with E-state index in [1.165, 1.54) is 0 Å². The Morgan fingerprint density at radius 3 is 2.15 bits per heavy atom. The van der Waals surface area contributed by atoms with Crippen molar-refractivity contribution in [2.75, 3.05) is 31.1 Å². The van der Waals surface area contributed by atoms with Gasteiger partial charge in [0.1, 0.15) is 5.82 Å². The molecule has 0 saturated carbocycles. The van der Waals surface area contributed by atoms with Crippen molar-refractivity contribution in [2.24, 2.45) is 0 Å². The first-order chi connectivity index (χ1) is 12.8. The average molecular weight is 380 g/mol. The van der Waals surface area contributed by atoms with Crippen LogP contribution in [0.2, 0.25) is 0 Å². The first-order valence-corrected chi connectivity index (χ1v) is 8.69. The Hall–Kier alpha value is -2.48. The predicted octanol–water partition coefficient (Wildman–Crippen LogP) is 3.42. The van der Waals surface area contributed by atoms with Crippen molar-refractivity contribution in [1.29, 1.82) is 0 Å². The second-order valence-electron chi connectivity index (χ2n) is 6.40. The fourth-order valence-corrected chi connectivity index (χ4v) is 2.73. The number of piperazine rings is 1. The molecule has 0 amide bonds. The number of hydrogen-bond donors (Lipinski definition) is 0. The van der Waals surface area contributed by atoms with E-state index in [0.717, 1.165) is 43.3 Å². The molecule has 0 spiro atoms. The van der Waals surface area contributed by atoms with E-state index < -0.39 is 12.5 Å². The lowest BCUT2D eigenvalue weighted by atomic mass is 10.2. The number of rotatable bonds is 3. The number of anilines is 1. The molecule has 1 fully saturated rings. The normalized spacial score (nSPS) is 15.3. The number of pyridine rings is 2. The summed E-state index contributed by atoms with van der Waals surface area (Å²) in [4.78, 5) is 22.6. The molecule has 3 heterocycles. The van der Waals surface area contributed by atoms with Crippen LogP contribution >= 0.6 is 0 Å². The standard InChI is InChI=1S/C17H22N4.C2HF3O/c1-14(2)20-9-11-21(12-10-20)17-7-6-15(13-19-17)16-5-3-4-8-18-16;3-2(4,5)1-6/h3-8,13-14H,9-12H2,1-2H3;1H. The summed E-state index contributed by atoms with van der Waals surface area (Å²) in [6.07, 6.45) is -1.96. The van der Waals surface area contributed by atoms with Gasteiger partial charge in [0.15, 0.2) is 0 Å². The van der Waals surface area contributed by atoms with Gasteiger partial charge in [-0.25, -0.2) is 4.98 Å². The van der Waals surface area contributed by atoms with Crippen LogP contribution in [-0.2, 0) is 4.79 Å². The molecular weight excluding hydrogens is 357 g/mol. The number of halogens is 3. The van der Waals surface area contributed by atoms with Gasteiger partial charge in [0.05, 0.1) is 5.69 Å². The highest BCUT2D eigenvalue weighted by molar-refractivity contribution is 5.59. The molecule has 27 heavy (non-hydrogen) atoms. The van der Waals surface area contributed by atoms with Crippen LogP contribution in [0, 0.1) is 0 Å². The third-order valence-electron chi connectivity index (χ3n) is 4.21. The number of aromatic nitrogens is 2. The smallest absolute Gasteiger partial charge is 0.354 e. The molecule has 0 atom stereocenters. The monoisotopic (exact) mass is 380 g/mol. The van der Waals surface area contributed by atoms with Crippen LogP contribution < -0.4 is 4.90 Å². The zero-order valence-electron chi connectivity index (χ0n) is 15.4. The highest BCUT2D eigenvalue weighted by atomic mass is 19.4. The molecule has 0 radical (unpaired) electrons. The molecule has 5 nitrogen and oxygen atoms in total. The van der Waals surface area contributed by atoms with E-state index in [1.807, 2.05) is 30.6 Å². The van der Waals surface area contributed by atoms with Gasteiger partial charge in [-0.3, -0.25) is 14.7 Å². The third kappa shape index (κ3) is 6.63. The van der Waals surface area contributed by atoms with Crippen molar-refractivity contribution >= 4 is 12.1 Å². The maximum atomic E-state index is 10.4. The van der Waals surface area contributed by atoms with Gasteiger partial charge in [-0.1, -0.05) is 6.07 Å². The maximum Gasteiger partial charge on any atom is 0.446 e. The van der Waals surface area contributed by atoms with Crippen LogP contribution in [0.15, 0.2) is 42.7 Å². The molecule has 2 aromatic heterocycles. The Morgan fingerprint density at radius 2 is 1.70 bits per heavy atom. The van der Waals surface area contributed by atoms with Crippen molar-refractivity contribution in [3.05, 3.63) is 42.7 Å². The first kappa shape index (κ1) is 20.8. The van der Waals surface area contributed by atoms with E-state index in [4.69, 9.17) is 4.79 Å². The SMILES string of the molecule is CC(C)N1CCN(c2ccc(-c3ccccn3)cn2)CC1.O=CC(F)(F)F. The minimum atomic E-state index is -4.64. The van der Waals surface area contributed by atoms with Crippen molar-refractivity contribution < 1.29 is 18.0 Å². The lowest BCUT2D eigenvalue weighted by Gasteiger charge is -2.37. The number of alkyl halides is 3. The molecular formula is C19H23F3N4O. The van der Waals surface area contributed by atoms with E-state index in [-0.39, 0.29) is 0 Å². The van der Waals surface area contributed by atoms with E-state index in [2.05, 4.69) is 45.7 Å². The Kier molecular flexibility index (Phi) is 7.29. The summed E-state index contributed by atoms with van der Waals surface area (Å²) in [7, 11) is 0. The van der Waals surface area contributed by atoms with Gasteiger partial charge in [0, 0.05) is 50.2 Å². The van der Waals surface area contributed by atoms with Crippen LogP contribution in [0.5, 0.6) is 0 Å². The lowest BCUT2D eigenvalue weighted by molar-refractivity contribution is -0.156. The molecule has 0 unspecified atom stereocenters. The summed E-state index contributed by atoms with van der Waals surface area (Å²) >= 11 is 0. The molecule has 3 rings (SSSR count). The van der Waals surface area contributed by atoms with Crippen molar-refractivity contribution in [3.8, 4) is 11.3 Å². The largest absolute Gasteiger partial charge is 0.446 e. The molecule has 0 N–H and O–H groups in total. The van der Waals surface area contributed by atoms with Gasteiger partial charge in [-0.15, -0.1) is 0 Å². The van der Waals surface area contributed by atoms with Crippen LogP contribution in [0.25, 0.3) is 11.3 Å². The molecule has 2 aromatic rings. The van der Waals surface area contributed by atoms with Crippen molar-refractivity contribution in [3.63, 3.8) is 0 Å². The summed E-state index contributed by atoms with van der Waals surface area (Å²) in [5.41, 5.74) is 2.04. The fraction of sp³-hybridized carbons (Fsp3) is 0.421. The summed E-state index contributed by atoms with van der Waals surface area (Å²) in [6.45, 7) is 8.84. The second kappa shape index (κ2) is 9.45. The maximum absolute atomic E-state index is 10.4. The van der Waals surface area contributed by atoms with Gasteiger partial charge in [-0.2, -0.15) is 13.2 Å².